The predicted molar refractivity (Wildman–Crippen MR) is 82.3 cm³/mol. The lowest BCUT2D eigenvalue weighted by Gasteiger charge is -2.32. The van der Waals surface area contributed by atoms with Crippen LogP contribution in [0.4, 0.5) is 5.69 Å². The van der Waals surface area contributed by atoms with E-state index in [-0.39, 0.29) is 5.91 Å². The molecular formula is C17H23NO3. The molecule has 21 heavy (non-hydrogen) atoms. The fraction of sp³-hybridized carbons (Fsp3) is 0.529. The van der Waals surface area contributed by atoms with E-state index in [9.17, 15) is 14.7 Å². The van der Waals surface area contributed by atoms with Crippen LogP contribution in [0.25, 0.3) is 0 Å². The second-order valence-electron chi connectivity index (χ2n) is 5.75. The minimum absolute atomic E-state index is 0.0477. The first-order valence-electron chi connectivity index (χ1n) is 7.65. The Morgan fingerprint density at radius 1 is 1.14 bits per heavy atom. The number of benzene rings is 1. The lowest BCUT2D eigenvalue weighted by atomic mass is 9.78. The maximum absolute atomic E-state index is 12.8. The summed E-state index contributed by atoms with van der Waals surface area (Å²) >= 11 is 0. The Balaban J connectivity index is 2.22. The predicted octanol–water partition coefficient (Wildman–Crippen LogP) is 3.24. The van der Waals surface area contributed by atoms with Crippen LogP contribution in [-0.4, -0.2) is 23.5 Å². The fourth-order valence-electron chi connectivity index (χ4n) is 3.11. The van der Waals surface area contributed by atoms with Gasteiger partial charge in [-0.3, -0.25) is 9.59 Å². The van der Waals surface area contributed by atoms with Crippen molar-refractivity contribution in [3.05, 3.63) is 29.8 Å². The number of aryl methyl sites for hydroxylation is 1. The molecule has 2 unspecified atom stereocenters. The van der Waals surface area contributed by atoms with Gasteiger partial charge in [0.15, 0.2) is 0 Å². The summed E-state index contributed by atoms with van der Waals surface area (Å²) in [6.07, 6.45) is 3.12. The second kappa shape index (κ2) is 6.74. The molecule has 1 aliphatic rings. The molecule has 2 rings (SSSR count). The third-order valence-electron chi connectivity index (χ3n) is 4.33. The highest BCUT2D eigenvalue weighted by atomic mass is 16.4. The molecule has 1 saturated carbocycles. The number of carboxylic acids is 1. The lowest BCUT2D eigenvalue weighted by molar-refractivity contribution is -0.148. The smallest absolute Gasteiger partial charge is 0.307 e. The molecule has 0 radical (unpaired) electrons. The van der Waals surface area contributed by atoms with E-state index in [0.717, 1.165) is 24.1 Å². The molecule has 0 bridgehead atoms. The van der Waals surface area contributed by atoms with Gasteiger partial charge in [0.1, 0.15) is 0 Å². The van der Waals surface area contributed by atoms with Crippen molar-refractivity contribution >= 4 is 17.6 Å². The molecule has 114 valence electrons. The molecule has 0 aliphatic heterocycles. The largest absolute Gasteiger partial charge is 0.481 e. The second-order valence-corrected chi connectivity index (χ2v) is 5.75. The number of nitrogens with zero attached hydrogens (tertiary/aromatic N) is 1. The molecule has 0 spiro atoms. The number of amides is 1. The van der Waals surface area contributed by atoms with Crippen molar-refractivity contribution in [3.63, 3.8) is 0 Å². The van der Waals surface area contributed by atoms with Crippen molar-refractivity contribution in [1.29, 1.82) is 0 Å². The molecule has 1 amide bonds. The van der Waals surface area contributed by atoms with E-state index < -0.39 is 17.8 Å². The quantitative estimate of drug-likeness (QED) is 0.925. The fourth-order valence-corrected chi connectivity index (χ4v) is 3.11. The molecule has 1 aromatic carbocycles. The Hall–Kier alpha value is -1.84. The summed E-state index contributed by atoms with van der Waals surface area (Å²) in [5.41, 5.74) is 1.99. The van der Waals surface area contributed by atoms with Gasteiger partial charge in [0.25, 0.3) is 0 Å². The summed E-state index contributed by atoms with van der Waals surface area (Å²) in [4.78, 5) is 25.9. The molecular weight excluding hydrogens is 266 g/mol. The van der Waals surface area contributed by atoms with Crippen LogP contribution in [-0.2, 0) is 9.59 Å². The summed E-state index contributed by atoms with van der Waals surface area (Å²) in [5.74, 6) is -1.82. The van der Waals surface area contributed by atoms with Crippen LogP contribution in [0.1, 0.15) is 38.2 Å². The van der Waals surface area contributed by atoms with Gasteiger partial charge in [-0.05, 0) is 38.8 Å². The number of carboxylic acid groups (broad SMARTS) is 1. The zero-order valence-corrected chi connectivity index (χ0v) is 12.7. The first-order chi connectivity index (χ1) is 10.0. The molecule has 1 aromatic rings. The lowest BCUT2D eigenvalue weighted by Crippen LogP contribution is -2.42. The van der Waals surface area contributed by atoms with E-state index in [0.29, 0.717) is 19.4 Å². The average molecular weight is 289 g/mol. The van der Waals surface area contributed by atoms with Crippen molar-refractivity contribution in [2.75, 3.05) is 11.4 Å². The van der Waals surface area contributed by atoms with E-state index in [1.165, 1.54) is 0 Å². The monoisotopic (exact) mass is 289 g/mol. The Morgan fingerprint density at radius 3 is 2.24 bits per heavy atom. The zero-order valence-electron chi connectivity index (χ0n) is 12.7. The van der Waals surface area contributed by atoms with Gasteiger partial charge in [0.2, 0.25) is 5.91 Å². The molecule has 1 N–H and O–H groups in total. The van der Waals surface area contributed by atoms with Crippen LogP contribution >= 0.6 is 0 Å². The standard InChI is InChI=1S/C17H23NO3/c1-3-18(13-10-8-12(2)9-11-13)16(19)14-6-4-5-7-15(14)17(20)21/h8-11,14-15H,3-7H2,1-2H3,(H,20,21). The SMILES string of the molecule is CCN(C(=O)C1CCCCC1C(=O)O)c1ccc(C)cc1. The maximum atomic E-state index is 12.8. The van der Waals surface area contributed by atoms with Crippen molar-refractivity contribution < 1.29 is 14.7 Å². The highest BCUT2D eigenvalue weighted by molar-refractivity contribution is 5.97. The number of hydrogen-bond acceptors (Lipinski definition) is 2. The van der Waals surface area contributed by atoms with Crippen molar-refractivity contribution in [2.24, 2.45) is 11.8 Å². The van der Waals surface area contributed by atoms with E-state index >= 15 is 0 Å². The summed E-state index contributed by atoms with van der Waals surface area (Å²) < 4.78 is 0. The van der Waals surface area contributed by atoms with Gasteiger partial charge in [-0.25, -0.2) is 0 Å². The van der Waals surface area contributed by atoms with E-state index in [4.69, 9.17) is 0 Å². The number of anilines is 1. The van der Waals surface area contributed by atoms with Crippen molar-refractivity contribution in [3.8, 4) is 0 Å². The molecule has 1 fully saturated rings. The number of hydrogen-bond donors (Lipinski definition) is 1. The van der Waals surface area contributed by atoms with Gasteiger partial charge >= 0.3 is 5.97 Å². The summed E-state index contributed by atoms with van der Waals surface area (Å²) in [6.45, 7) is 4.49. The maximum Gasteiger partial charge on any atom is 0.307 e. The zero-order chi connectivity index (χ0) is 15.4. The summed E-state index contributed by atoms with van der Waals surface area (Å²) in [7, 11) is 0. The van der Waals surface area contributed by atoms with Gasteiger partial charge in [-0.2, -0.15) is 0 Å². The first-order valence-corrected chi connectivity index (χ1v) is 7.65. The molecule has 1 aliphatic carbocycles. The van der Waals surface area contributed by atoms with Gasteiger partial charge in [0, 0.05) is 12.2 Å². The van der Waals surface area contributed by atoms with Gasteiger partial charge in [0.05, 0.1) is 11.8 Å². The first kappa shape index (κ1) is 15.5. The van der Waals surface area contributed by atoms with Gasteiger partial charge < -0.3 is 10.0 Å². The highest BCUT2D eigenvalue weighted by Crippen LogP contribution is 2.33. The highest BCUT2D eigenvalue weighted by Gasteiger charge is 2.37. The molecule has 0 saturated heterocycles. The van der Waals surface area contributed by atoms with E-state index in [1.54, 1.807) is 4.90 Å². The van der Waals surface area contributed by atoms with Crippen LogP contribution in [0.3, 0.4) is 0 Å². The third-order valence-corrected chi connectivity index (χ3v) is 4.33. The molecule has 4 heteroatoms. The van der Waals surface area contributed by atoms with Crippen molar-refractivity contribution in [2.45, 2.75) is 39.5 Å². The Kier molecular flexibility index (Phi) is 4.99. The molecule has 0 heterocycles. The van der Waals surface area contributed by atoms with Crippen molar-refractivity contribution in [1.82, 2.24) is 0 Å². The normalized spacial score (nSPS) is 21.8. The topological polar surface area (TPSA) is 57.6 Å². The summed E-state index contributed by atoms with van der Waals surface area (Å²) in [6, 6.07) is 7.80. The number of carbonyl (C=O) groups is 2. The van der Waals surface area contributed by atoms with Gasteiger partial charge in [-0.15, -0.1) is 0 Å². The number of aliphatic carboxylic acids is 1. The summed E-state index contributed by atoms with van der Waals surface area (Å²) in [5, 5.41) is 9.35. The Bertz CT molecular complexity index is 509. The molecule has 4 nitrogen and oxygen atoms in total. The van der Waals surface area contributed by atoms with E-state index in [1.807, 2.05) is 38.1 Å². The Morgan fingerprint density at radius 2 is 1.71 bits per heavy atom. The Labute approximate surface area is 125 Å². The van der Waals surface area contributed by atoms with Gasteiger partial charge in [-0.1, -0.05) is 30.5 Å². The minimum Gasteiger partial charge on any atom is -0.481 e. The van der Waals surface area contributed by atoms with E-state index in [2.05, 4.69) is 0 Å². The number of carbonyl (C=O) groups excluding carboxylic acids is 1. The molecule has 2 atom stereocenters. The average Bonchev–Trinajstić information content (AvgIpc) is 2.49. The van der Waals surface area contributed by atoms with Crippen LogP contribution < -0.4 is 4.90 Å². The van der Waals surface area contributed by atoms with Crippen LogP contribution in [0.15, 0.2) is 24.3 Å². The number of rotatable bonds is 4. The van der Waals surface area contributed by atoms with Crippen LogP contribution in [0.2, 0.25) is 0 Å². The van der Waals surface area contributed by atoms with Crippen LogP contribution in [0.5, 0.6) is 0 Å². The minimum atomic E-state index is -0.840. The van der Waals surface area contributed by atoms with Crippen LogP contribution in [0, 0.1) is 18.8 Å². The third kappa shape index (κ3) is 3.43. The molecule has 0 aromatic heterocycles.